The molecular formula is C13H17FN2O2. The normalized spacial score (nSPS) is 20.7. The molecule has 1 amide bonds. The van der Waals surface area contributed by atoms with E-state index in [1.165, 1.54) is 18.2 Å². The minimum atomic E-state index is -0.883. The van der Waals surface area contributed by atoms with Gasteiger partial charge in [0.2, 0.25) is 5.91 Å². The number of benzene rings is 1. The van der Waals surface area contributed by atoms with E-state index in [2.05, 4.69) is 10.6 Å². The molecule has 1 fully saturated rings. The third-order valence-corrected chi connectivity index (χ3v) is 3.08. The standard InChI is InChI=1S/C13H17FN2O2/c14-10-4-1-3-9(7-10)12(17)8-16-13(18)11-5-2-6-15-11/h1,3-4,7,11-12,15,17H,2,5-6,8H2,(H,16,18)/t11-,12-/m1/s1. The molecule has 98 valence electrons. The van der Waals surface area contributed by atoms with Crippen LogP contribution >= 0.6 is 0 Å². The maximum atomic E-state index is 13.0. The van der Waals surface area contributed by atoms with Gasteiger partial charge >= 0.3 is 0 Å². The second-order valence-electron chi connectivity index (χ2n) is 4.46. The molecule has 3 N–H and O–H groups in total. The van der Waals surface area contributed by atoms with E-state index in [0.717, 1.165) is 19.4 Å². The monoisotopic (exact) mass is 252 g/mol. The van der Waals surface area contributed by atoms with Crippen LogP contribution in [0.15, 0.2) is 24.3 Å². The predicted octanol–water partition coefficient (Wildman–Crippen LogP) is 0.727. The Balaban J connectivity index is 1.84. The summed E-state index contributed by atoms with van der Waals surface area (Å²) in [7, 11) is 0. The lowest BCUT2D eigenvalue weighted by molar-refractivity contribution is -0.123. The first kappa shape index (κ1) is 13.0. The first-order valence-electron chi connectivity index (χ1n) is 6.11. The molecule has 4 nitrogen and oxygen atoms in total. The fourth-order valence-electron chi connectivity index (χ4n) is 2.06. The molecule has 2 rings (SSSR count). The Labute approximate surface area is 105 Å². The predicted molar refractivity (Wildman–Crippen MR) is 65.4 cm³/mol. The lowest BCUT2D eigenvalue weighted by Gasteiger charge is -2.15. The van der Waals surface area contributed by atoms with Crippen LogP contribution in [0, 0.1) is 5.82 Å². The molecule has 1 aliphatic heterocycles. The minimum absolute atomic E-state index is 0.0977. The second kappa shape index (κ2) is 5.93. The Morgan fingerprint density at radius 1 is 1.61 bits per heavy atom. The van der Waals surface area contributed by atoms with Crippen LogP contribution in [0.4, 0.5) is 4.39 Å². The lowest BCUT2D eigenvalue weighted by atomic mass is 10.1. The molecule has 0 radical (unpaired) electrons. The van der Waals surface area contributed by atoms with Crippen LogP contribution in [-0.2, 0) is 4.79 Å². The van der Waals surface area contributed by atoms with Gasteiger partial charge in [-0.05, 0) is 37.1 Å². The van der Waals surface area contributed by atoms with Gasteiger partial charge in [0.15, 0.2) is 0 Å². The van der Waals surface area contributed by atoms with Crippen LogP contribution in [0.25, 0.3) is 0 Å². The van der Waals surface area contributed by atoms with E-state index in [1.807, 2.05) is 0 Å². The summed E-state index contributed by atoms with van der Waals surface area (Å²) in [4.78, 5) is 11.7. The van der Waals surface area contributed by atoms with Gasteiger partial charge < -0.3 is 15.7 Å². The summed E-state index contributed by atoms with van der Waals surface area (Å²) >= 11 is 0. The van der Waals surface area contributed by atoms with Gasteiger partial charge in [0, 0.05) is 6.54 Å². The number of hydrogen-bond acceptors (Lipinski definition) is 3. The van der Waals surface area contributed by atoms with E-state index in [9.17, 15) is 14.3 Å². The van der Waals surface area contributed by atoms with E-state index in [0.29, 0.717) is 5.56 Å². The van der Waals surface area contributed by atoms with E-state index < -0.39 is 11.9 Å². The molecule has 0 saturated carbocycles. The Morgan fingerprint density at radius 2 is 2.44 bits per heavy atom. The summed E-state index contributed by atoms with van der Waals surface area (Å²) in [5.74, 6) is -0.502. The maximum Gasteiger partial charge on any atom is 0.237 e. The summed E-state index contributed by atoms with van der Waals surface area (Å²) in [6, 6.07) is 5.59. The van der Waals surface area contributed by atoms with Crippen LogP contribution in [0.2, 0.25) is 0 Å². The highest BCUT2D eigenvalue weighted by atomic mass is 19.1. The fraction of sp³-hybridized carbons (Fsp3) is 0.462. The van der Waals surface area contributed by atoms with Gasteiger partial charge in [-0.3, -0.25) is 4.79 Å². The number of carbonyl (C=O) groups is 1. The number of amides is 1. The van der Waals surface area contributed by atoms with Crippen LogP contribution in [-0.4, -0.2) is 30.1 Å². The molecule has 0 aliphatic carbocycles. The average Bonchev–Trinajstić information content (AvgIpc) is 2.89. The fourth-order valence-corrected chi connectivity index (χ4v) is 2.06. The molecular weight excluding hydrogens is 235 g/mol. The summed E-state index contributed by atoms with van der Waals surface area (Å²) in [5, 5.41) is 15.6. The highest BCUT2D eigenvalue weighted by Gasteiger charge is 2.22. The van der Waals surface area contributed by atoms with Crippen LogP contribution < -0.4 is 10.6 Å². The molecule has 0 aromatic heterocycles. The molecule has 0 spiro atoms. The van der Waals surface area contributed by atoms with Crippen molar-refractivity contribution in [2.24, 2.45) is 0 Å². The molecule has 2 atom stereocenters. The van der Waals surface area contributed by atoms with Gasteiger partial charge in [-0.2, -0.15) is 0 Å². The molecule has 1 aromatic rings. The van der Waals surface area contributed by atoms with Gasteiger partial charge in [-0.25, -0.2) is 4.39 Å². The van der Waals surface area contributed by atoms with Crippen molar-refractivity contribution in [3.8, 4) is 0 Å². The summed E-state index contributed by atoms with van der Waals surface area (Å²) < 4.78 is 13.0. The maximum absolute atomic E-state index is 13.0. The average molecular weight is 252 g/mol. The zero-order valence-corrected chi connectivity index (χ0v) is 10.0. The Morgan fingerprint density at radius 3 is 3.11 bits per heavy atom. The van der Waals surface area contributed by atoms with Crippen molar-refractivity contribution in [2.75, 3.05) is 13.1 Å². The molecule has 1 aromatic carbocycles. The highest BCUT2D eigenvalue weighted by Crippen LogP contribution is 2.13. The van der Waals surface area contributed by atoms with Crippen molar-refractivity contribution < 1.29 is 14.3 Å². The van der Waals surface area contributed by atoms with E-state index in [1.54, 1.807) is 6.07 Å². The van der Waals surface area contributed by atoms with E-state index in [-0.39, 0.29) is 18.5 Å². The van der Waals surface area contributed by atoms with Gasteiger partial charge in [0.1, 0.15) is 5.82 Å². The number of aliphatic hydroxyl groups is 1. The first-order chi connectivity index (χ1) is 8.66. The number of hydrogen-bond donors (Lipinski definition) is 3. The summed E-state index contributed by atoms with van der Waals surface area (Å²) in [5.41, 5.74) is 0.467. The molecule has 0 unspecified atom stereocenters. The zero-order valence-electron chi connectivity index (χ0n) is 10.0. The highest BCUT2D eigenvalue weighted by molar-refractivity contribution is 5.82. The molecule has 1 heterocycles. The third-order valence-electron chi connectivity index (χ3n) is 3.08. The molecule has 5 heteroatoms. The number of carbonyl (C=O) groups excluding carboxylic acids is 1. The Kier molecular flexibility index (Phi) is 4.28. The Bertz CT molecular complexity index is 419. The Hall–Kier alpha value is -1.46. The van der Waals surface area contributed by atoms with Gasteiger partial charge in [-0.1, -0.05) is 12.1 Å². The first-order valence-corrected chi connectivity index (χ1v) is 6.11. The smallest absolute Gasteiger partial charge is 0.237 e. The van der Waals surface area contributed by atoms with E-state index in [4.69, 9.17) is 0 Å². The van der Waals surface area contributed by atoms with Crippen molar-refractivity contribution in [3.05, 3.63) is 35.6 Å². The largest absolute Gasteiger partial charge is 0.387 e. The molecule has 1 saturated heterocycles. The summed E-state index contributed by atoms with van der Waals surface area (Å²) in [6.45, 7) is 0.949. The van der Waals surface area contributed by atoms with Crippen LogP contribution in [0.5, 0.6) is 0 Å². The topological polar surface area (TPSA) is 61.4 Å². The van der Waals surface area contributed by atoms with Gasteiger partial charge in [-0.15, -0.1) is 0 Å². The molecule has 0 bridgehead atoms. The second-order valence-corrected chi connectivity index (χ2v) is 4.46. The lowest BCUT2D eigenvalue weighted by Crippen LogP contribution is -2.41. The third kappa shape index (κ3) is 3.27. The van der Waals surface area contributed by atoms with Crippen LogP contribution in [0.3, 0.4) is 0 Å². The van der Waals surface area contributed by atoms with Crippen molar-refractivity contribution in [1.82, 2.24) is 10.6 Å². The van der Waals surface area contributed by atoms with Crippen molar-refractivity contribution >= 4 is 5.91 Å². The van der Waals surface area contributed by atoms with Crippen molar-refractivity contribution in [3.63, 3.8) is 0 Å². The van der Waals surface area contributed by atoms with Gasteiger partial charge in [0.25, 0.3) is 0 Å². The molecule has 18 heavy (non-hydrogen) atoms. The molecule has 1 aliphatic rings. The minimum Gasteiger partial charge on any atom is -0.387 e. The number of rotatable bonds is 4. The number of aliphatic hydroxyl groups excluding tert-OH is 1. The zero-order chi connectivity index (χ0) is 13.0. The van der Waals surface area contributed by atoms with Gasteiger partial charge in [0.05, 0.1) is 12.1 Å². The van der Waals surface area contributed by atoms with Crippen molar-refractivity contribution in [1.29, 1.82) is 0 Å². The number of nitrogens with one attached hydrogen (secondary N) is 2. The number of halogens is 1. The van der Waals surface area contributed by atoms with E-state index >= 15 is 0 Å². The quantitative estimate of drug-likeness (QED) is 0.740. The SMILES string of the molecule is O=C(NC[C@@H](O)c1cccc(F)c1)[C@H]1CCCN1. The van der Waals surface area contributed by atoms with Crippen molar-refractivity contribution in [2.45, 2.75) is 25.0 Å². The van der Waals surface area contributed by atoms with Crippen LogP contribution in [0.1, 0.15) is 24.5 Å². The summed E-state index contributed by atoms with van der Waals surface area (Å²) in [6.07, 6.45) is 0.929.